The quantitative estimate of drug-likeness (QED) is 0.668. The third-order valence-electron chi connectivity index (χ3n) is 3.13. The highest BCUT2D eigenvalue weighted by Crippen LogP contribution is 2.20. The van der Waals surface area contributed by atoms with Crippen LogP contribution >= 0.6 is 0 Å². The minimum Gasteiger partial charge on any atom is -0.481 e. The number of carbonyl (C=O) groups is 1. The van der Waals surface area contributed by atoms with Crippen molar-refractivity contribution in [2.24, 2.45) is 0 Å². The fourth-order valence-corrected chi connectivity index (χ4v) is 1.94. The Labute approximate surface area is 140 Å². The van der Waals surface area contributed by atoms with Crippen LogP contribution in [0.3, 0.4) is 0 Å². The number of pyridine rings is 1. The van der Waals surface area contributed by atoms with Gasteiger partial charge in [-0.05, 0) is 25.1 Å². The van der Waals surface area contributed by atoms with Crippen LogP contribution in [0.25, 0.3) is 0 Å². The maximum Gasteiger partial charge on any atom is 0.259 e. The molecule has 6 heteroatoms. The van der Waals surface area contributed by atoms with E-state index >= 15 is 0 Å². The summed E-state index contributed by atoms with van der Waals surface area (Å²) >= 11 is 0. The first-order valence-corrected chi connectivity index (χ1v) is 7.43. The van der Waals surface area contributed by atoms with E-state index in [0.717, 1.165) is 6.42 Å². The Balaban J connectivity index is 2.10. The number of nitrogens with one attached hydrogen (secondary N) is 1. The summed E-state index contributed by atoms with van der Waals surface area (Å²) in [6.45, 7) is 3.75. The van der Waals surface area contributed by atoms with Crippen LogP contribution in [0.5, 0.6) is 5.75 Å². The Bertz CT molecular complexity index is 810. The van der Waals surface area contributed by atoms with Crippen molar-refractivity contribution in [3.8, 4) is 17.6 Å². The lowest BCUT2D eigenvalue weighted by Crippen LogP contribution is -2.16. The minimum absolute atomic E-state index is 0.119. The SMILES string of the molecule is CCC#CCOc1cccc(NC(=O)c2cc(C)c(F)nc2N)c1. The first kappa shape index (κ1) is 17.3. The number of benzene rings is 1. The largest absolute Gasteiger partial charge is 0.481 e. The van der Waals surface area contributed by atoms with Crippen molar-refractivity contribution in [1.29, 1.82) is 0 Å². The number of hydrogen-bond acceptors (Lipinski definition) is 4. The lowest BCUT2D eigenvalue weighted by Gasteiger charge is -2.09. The van der Waals surface area contributed by atoms with Crippen LogP contribution in [-0.2, 0) is 0 Å². The summed E-state index contributed by atoms with van der Waals surface area (Å²) in [5, 5.41) is 2.69. The van der Waals surface area contributed by atoms with Gasteiger partial charge in [0.2, 0.25) is 5.95 Å². The lowest BCUT2D eigenvalue weighted by atomic mass is 10.1. The third-order valence-corrected chi connectivity index (χ3v) is 3.13. The zero-order valence-corrected chi connectivity index (χ0v) is 13.5. The van der Waals surface area contributed by atoms with Gasteiger partial charge in [0.25, 0.3) is 5.91 Å². The number of hydrogen-bond donors (Lipinski definition) is 2. The number of anilines is 2. The summed E-state index contributed by atoms with van der Waals surface area (Å²) in [6.07, 6.45) is 0.770. The number of halogens is 1. The van der Waals surface area contributed by atoms with Crippen LogP contribution < -0.4 is 15.8 Å². The highest BCUT2D eigenvalue weighted by Gasteiger charge is 2.14. The number of nitrogen functional groups attached to an aromatic ring is 1. The molecule has 0 aliphatic carbocycles. The van der Waals surface area contributed by atoms with Gasteiger partial charge in [0.15, 0.2) is 0 Å². The molecule has 0 spiro atoms. The number of rotatable bonds is 4. The Morgan fingerprint density at radius 1 is 1.38 bits per heavy atom. The van der Waals surface area contributed by atoms with Crippen molar-refractivity contribution in [1.82, 2.24) is 4.98 Å². The molecule has 3 N–H and O–H groups in total. The average Bonchev–Trinajstić information content (AvgIpc) is 2.55. The fraction of sp³-hybridized carbons (Fsp3) is 0.222. The van der Waals surface area contributed by atoms with Gasteiger partial charge in [-0.25, -0.2) is 4.98 Å². The van der Waals surface area contributed by atoms with Gasteiger partial charge in [-0.1, -0.05) is 18.9 Å². The lowest BCUT2D eigenvalue weighted by molar-refractivity contribution is 0.102. The van der Waals surface area contributed by atoms with E-state index in [2.05, 4.69) is 22.1 Å². The molecule has 2 rings (SSSR count). The topological polar surface area (TPSA) is 77.2 Å². The number of carbonyl (C=O) groups excluding carboxylic acids is 1. The molecule has 0 aliphatic rings. The summed E-state index contributed by atoms with van der Waals surface area (Å²) < 4.78 is 18.8. The predicted octanol–water partition coefficient (Wildman–Crippen LogP) is 3.16. The van der Waals surface area contributed by atoms with Crippen molar-refractivity contribution in [2.75, 3.05) is 17.7 Å². The molecule has 0 unspecified atom stereocenters. The van der Waals surface area contributed by atoms with Crippen LogP contribution in [-0.4, -0.2) is 17.5 Å². The molecule has 0 saturated carbocycles. The zero-order valence-electron chi connectivity index (χ0n) is 13.5. The summed E-state index contributed by atoms with van der Waals surface area (Å²) in [5.41, 5.74) is 6.52. The van der Waals surface area contributed by atoms with Gasteiger partial charge >= 0.3 is 0 Å². The number of aryl methyl sites for hydroxylation is 1. The second kappa shape index (κ2) is 7.97. The van der Waals surface area contributed by atoms with Gasteiger partial charge in [0.05, 0.1) is 5.56 Å². The molecule has 24 heavy (non-hydrogen) atoms. The summed E-state index contributed by atoms with van der Waals surface area (Å²) in [6, 6.07) is 8.26. The molecule has 1 heterocycles. The molecule has 2 aromatic rings. The number of ether oxygens (including phenoxy) is 1. The number of aromatic nitrogens is 1. The highest BCUT2D eigenvalue weighted by atomic mass is 19.1. The molecule has 0 atom stereocenters. The Hall–Kier alpha value is -3.07. The third kappa shape index (κ3) is 4.46. The van der Waals surface area contributed by atoms with Gasteiger partial charge in [0.1, 0.15) is 18.2 Å². The van der Waals surface area contributed by atoms with Crippen LogP contribution in [0.2, 0.25) is 0 Å². The minimum atomic E-state index is -0.687. The van der Waals surface area contributed by atoms with Crippen molar-refractivity contribution >= 4 is 17.4 Å². The van der Waals surface area contributed by atoms with E-state index in [0.29, 0.717) is 11.4 Å². The average molecular weight is 327 g/mol. The van der Waals surface area contributed by atoms with Crippen LogP contribution in [0, 0.1) is 24.7 Å². The standard InChI is InChI=1S/C18H18FN3O2/c1-3-4-5-9-24-14-8-6-7-13(11-14)21-18(23)15-10-12(2)16(19)22-17(15)20/h6-8,10-11H,3,9H2,1-2H3,(H2,20,22)(H,21,23). The van der Waals surface area contributed by atoms with Gasteiger partial charge in [0, 0.05) is 23.7 Å². The first-order chi connectivity index (χ1) is 11.5. The normalized spacial score (nSPS) is 9.79. The molecule has 1 amide bonds. The van der Waals surface area contributed by atoms with E-state index in [9.17, 15) is 9.18 Å². The molecule has 0 aliphatic heterocycles. The van der Waals surface area contributed by atoms with E-state index in [4.69, 9.17) is 10.5 Å². The first-order valence-electron chi connectivity index (χ1n) is 7.43. The number of amides is 1. The van der Waals surface area contributed by atoms with Crippen molar-refractivity contribution in [3.05, 3.63) is 47.4 Å². The Morgan fingerprint density at radius 3 is 2.92 bits per heavy atom. The summed E-state index contributed by atoms with van der Waals surface area (Å²) in [7, 11) is 0. The van der Waals surface area contributed by atoms with Crippen molar-refractivity contribution in [3.63, 3.8) is 0 Å². The summed E-state index contributed by atoms with van der Waals surface area (Å²) in [5.74, 6) is 5.05. The van der Waals surface area contributed by atoms with E-state index < -0.39 is 11.9 Å². The molecule has 0 saturated heterocycles. The second-order valence-corrected chi connectivity index (χ2v) is 5.01. The number of nitrogens with zero attached hydrogens (tertiary/aromatic N) is 1. The molecule has 1 aromatic heterocycles. The highest BCUT2D eigenvalue weighted by molar-refractivity contribution is 6.07. The van der Waals surface area contributed by atoms with Gasteiger partial charge in [-0.15, -0.1) is 5.92 Å². The van der Waals surface area contributed by atoms with Crippen LogP contribution in [0.4, 0.5) is 15.9 Å². The maximum atomic E-state index is 13.3. The molecular formula is C18H18FN3O2. The second-order valence-electron chi connectivity index (χ2n) is 5.01. The van der Waals surface area contributed by atoms with Gasteiger partial charge in [-0.2, -0.15) is 4.39 Å². The van der Waals surface area contributed by atoms with Crippen LogP contribution in [0.15, 0.2) is 30.3 Å². The fourth-order valence-electron chi connectivity index (χ4n) is 1.94. The van der Waals surface area contributed by atoms with Crippen molar-refractivity contribution in [2.45, 2.75) is 20.3 Å². The molecule has 124 valence electrons. The van der Waals surface area contributed by atoms with Gasteiger partial charge in [-0.3, -0.25) is 4.79 Å². The molecule has 0 fully saturated rings. The van der Waals surface area contributed by atoms with E-state index in [1.165, 1.54) is 13.0 Å². The zero-order chi connectivity index (χ0) is 17.5. The maximum absolute atomic E-state index is 13.3. The summed E-state index contributed by atoms with van der Waals surface area (Å²) in [4.78, 5) is 15.8. The van der Waals surface area contributed by atoms with Crippen molar-refractivity contribution < 1.29 is 13.9 Å². The Morgan fingerprint density at radius 2 is 2.17 bits per heavy atom. The predicted molar refractivity (Wildman–Crippen MR) is 91.3 cm³/mol. The smallest absolute Gasteiger partial charge is 0.259 e. The molecular weight excluding hydrogens is 309 g/mol. The van der Waals surface area contributed by atoms with E-state index in [1.54, 1.807) is 24.3 Å². The molecule has 1 aromatic carbocycles. The molecule has 0 radical (unpaired) electrons. The number of nitrogens with two attached hydrogens (primary N) is 1. The van der Waals surface area contributed by atoms with E-state index in [-0.39, 0.29) is 23.6 Å². The van der Waals surface area contributed by atoms with Crippen LogP contribution in [0.1, 0.15) is 29.3 Å². The Kier molecular flexibility index (Phi) is 5.74. The van der Waals surface area contributed by atoms with Gasteiger partial charge < -0.3 is 15.8 Å². The van der Waals surface area contributed by atoms with E-state index in [1.807, 2.05) is 6.92 Å². The molecule has 0 bridgehead atoms. The monoisotopic (exact) mass is 327 g/mol. The molecule has 5 nitrogen and oxygen atoms in total.